The van der Waals surface area contributed by atoms with Crippen molar-refractivity contribution < 1.29 is 4.42 Å². The van der Waals surface area contributed by atoms with E-state index in [2.05, 4.69) is 72.2 Å². The highest BCUT2D eigenvalue weighted by Gasteiger charge is 2.18. The van der Waals surface area contributed by atoms with Gasteiger partial charge >= 0.3 is 0 Å². The molecule has 0 aliphatic heterocycles. The van der Waals surface area contributed by atoms with Crippen molar-refractivity contribution in [3.05, 3.63) is 55.3 Å². The summed E-state index contributed by atoms with van der Waals surface area (Å²) in [4.78, 5) is 0. The van der Waals surface area contributed by atoms with Crippen molar-refractivity contribution in [1.82, 2.24) is 5.32 Å². The van der Waals surface area contributed by atoms with Gasteiger partial charge in [0.2, 0.25) is 0 Å². The van der Waals surface area contributed by atoms with E-state index in [1.54, 1.807) is 0 Å². The molecule has 0 bridgehead atoms. The van der Waals surface area contributed by atoms with Gasteiger partial charge in [0.1, 0.15) is 5.76 Å². The zero-order chi connectivity index (χ0) is 13.8. The quantitative estimate of drug-likeness (QED) is 0.634. The maximum Gasteiger partial charge on any atom is 0.169 e. The van der Waals surface area contributed by atoms with Gasteiger partial charge in [-0.25, -0.2) is 0 Å². The van der Waals surface area contributed by atoms with Crippen molar-refractivity contribution in [3.8, 4) is 0 Å². The van der Waals surface area contributed by atoms with Crippen LogP contribution in [0.3, 0.4) is 0 Å². The Labute approximate surface area is 138 Å². The second-order valence-corrected chi connectivity index (χ2v) is 6.84. The number of furan rings is 1. The van der Waals surface area contributed by atoms with Gasteiger partial charge in [0, 0.05) is 8.95 Å². The molecule has 5 heteroatoms. The molecule has 0 aliphatic rings. The first kappa shape index (κ1) is 15.3. The molecule has 0 spiro atoms. The molecule has 1 unspecified atom stereocenters. The van der Waals surface area contributed by atoms with Crippen LogP contribution in [0.15, 0.2) is 48.4 Å². The molecule has 2 aromatic rings. The van der Waals surface area contributed by atoms with Crippen molar-refractivity contribution in [2.75, 3.05) is 6.54 Å². The van der Waals surface area contributed by atoms with Gasteiger partial charge < -0.3 is 9.73 Å². The standard InChI is InChI=1S/C14H14Br3NO/c1-2-5-18-14(12-3-4-13(17)19-12)9-6-10(15)8-11(16)7-9/h3-4,6-8,14,18H,2,5H2,1H3. The van der Waals surface area contributed by atoms with Crippen LogP contribution in [0.4, 0.5) is 0 Å². The predicted octanol–water partition coefficient (Wildman–Crippen LogP) is 5.66. The Hall–Kier alpha value is -0.100. The number of rotatable bonds is 5. The van der Waals surface area contributed by atoms with Crippen molar-refractivity contribution in [1.29, 1.82) is 0 Å². The molecule has 0 amide bonds. The molecule has 1 aromatic heterocycles. The van der Waals surface area contributed by atoms with E-state index >= 15 is 0 Å². The SMILES string of the molecule is CCCNC(c1cc(Br)cc(Br)c1)c1ccc(Br)o1. The molecule has 1 heterocycles. The summed E-state index contributed by atoms with van der Waals surface area (Å²) in [7, 11) is 0. The van der Waals surface area contributed by atoms with Crippen molar-refractivity contribution in [3.63, 3.8) is 0 Å². The number of nitrogens with one attached hydrogen (secondary N) is 1. The van der Waals surface area contributed by atoms with Crippen LogP contribution in [0.25, 0.3) is 0 Å². The van der Waals surface area contributed by atoms with E-state index in [-0.39, 0.29) is 6.04 Å². The summed E-state index contributed by atoms with van der Waals surface area (Å²) in [5.74, 6) is 0.908. The third kappa shape index (κ3) is 4.18. The summed E-state index contributed by atoms with van der Waals surface area (Å²) >= 11 is 10.4. The molecule has 0 radical (unpaired) electrons. The highest BCUT2D eigenvalue weighted by atomic mass is 79.9. The molecule has 0 saturated carbocycles. The average Bonchev–Trinajstić information content (AvgIpc) is 2.75. The Morgan fingerprint density at radius 3 is 2.32 bits per heavy atom. The zero-order valence-electron chi connectivity index (χ0n) is 10.4. The Morgan fingerprint density at radius 1 is 1.11 bits per heavy atom. The fourth-order valence-corrected chi connectivity index (χ4v) is 3.54. The van der Waals surface area contributed by atoms with E-state index in [1.165, 1.54) is 0 Å². The van der Waals surface area contributed by atoms with Crippen molar-refractivity contribution in [2.45, 2.75) is 19.4 Å². The maximum absolute atomic E-state index is 5.70. The smallest absolute Gasteiger partial charge is 0.169 e. The molecule has 2 rings (SSSR count). The van der Waals surface area contributed by atoms with Crippen LogP contribution in [0.2, 0.25) is 0 Å². The van der Waals surface area contributed by atoms with Crippen LogP contribution < -0.4 is 5.32 Å². The van der Waals surface area contributed by atoms with E-state index in [0.29, 0.717) is 0 Å². The normalized spacial score (nSPS) is 12.6. The third-order valence-corrected chi connectivity index (χ3v) is 4.04. The average molecular weight is 452 g/mol. The predicted molar refractivity (Wildman–Crippen MR) is 88.4 cm³/mol. The Morgan fingerprint density at radius 2 is 1.79 bits per heavy atom. The van der Waals surface area contributed by atoms with Gasteiger partial charge in [0.15, 0.2) is 4.67 Å². The molecule has 19 heavy (non-hydrogen) atoms. The molecule has 1 atom stereocenters. The van der Waals surface area contributed by atoms with Gasteiger partial charge in [-0.15, -0.1) is 0 Å². The number of hydrogen-bond acceptors (Lipinski definition) is 2. The van der Waals surface area contributed by atoms with Crippen molar-refractivity contribution in [2.24, 2.45) is 0 Å². The summed E-state index contributed by atoms with van der Waals surface area (Å²) in [5.41, 5.74) is 1.16. The van der Waals surface area contributed by atoms with Gasteiger partial charge in [0.25, 0.3) is 0 Å². The number of halogens is 3. The molecular formula is C14H14Br3NO. The monoisotopic (exact) mass is 449 g/mol. The molecule has 1 aromatic carbocycles. The molecule has 0 saturated heterocycles. The summed E-state index contributed by atoms with van der Waals surface area (Å²) in [6, 6.07) is 10.2. The second-order valence-electron chi connectivity index (χ2n) is 4.23. The number of benzene rings is 1. The molecule has 2 nitrogen and oxygen atoms in total. The van der Waals surface area contributed by atoms with E-state index in [1.807, 2.05) is 18.2 Å². The van der Waals surface area contributed by atoms with Crippen LogP contribution in [0, 0.1) is 0 Å². The van der Waals surface area contributed by atoms with Gasteiger partial charge in [-0.3, -0.25) is 0 Å². The first-order valence-electron chi connectivity index (χ1n) is 6.04. The minimum absolute atomic E-state index is 0.0556. The van der Waals surface area contributed by atoms with Gasteiger partial charge in [-0.05, 0) is 64.8 Å². The fraction of sp³-hybridized carbons (Fsp3) is 0.286. The lowest BCUT2D eigenvalue weighted by Crippen LogP contribution is -2.22. The van der Waals surface area contributed by atoms with Gasteiger partial charge in [0.05, 0.1) is 6.04 Å². The first-order valence-corrected chi connectivity index (χ1v) is 8.42. The molecule has 0 aliphatic carbocycles. The molecular weight excluding hydrogens is 438 g/mol. The minimum Gasteiger partial charge on any atom is -0.452 e. The zero-order valence-corrected chi connectivity index (χ0v) is 15.2. The van der Waals surface area contributed by atoms with E-state index in [9.17, 15) is 0 Å². The Kier molecular flexibility index (Phi) is 5.69. The lowest BCUT2D eigenvalue weighted by atomic mass is 10.0. The summed E-state index contributed by atoms with van der Waals surface area (Å²) in [6.45, 7) is 3.09. The van der Waals surface area contributed by atoms with Crippen LogP contribution in [0.1, 0.15) is 30.7 Å². The third-order valence-electron chi connectivity index (χ3n) is 2.70. The highest BCUT2D eigenvalue weighted by Crippen LogP contribution is 2.30. The number of hydrogen-bond donors (Lipinski definition) is 1. The summed E-state index contributed by atoms with van der Waals surface area (Å²) in [6.07, 6.45) is 1.08. The van der Waals surface area contributed by atoms with Crippen molar-refractivity contribution >= 4 is 47.8 Å². The van der Waals surface area contributed by atoms with E-state index < -0.39 is 0 Å². The Bertz CT molecular complexity index is 533. The largest absolute Gasteiger partial charge is 0.452 e. The topological polar surface area (TPSA) is 25.2 Å². The van der Waals surface area contributed by atoms with E-state index in [4.69, 9.17) is 4.42 Å². The molecule has 102 valence electrons. The lowest BCUT2D eigenvalue weighted by molar-refractivity contribution is 0.433. The minimum atomic E-state index is 0.0556. The van der Waals surface area contributed by atoms with Crippen LogP contribution in [0.5, 0.6) is 0 Å². The van der Waals surface area contributed by atoms with Gasteiger partial charge in [-0.1, -0.05) is 38.8 Å². The van der Waals surface area contributed by atoms with Crippen LogP contribution in [-0.4, -0.2) is 6.54 Å². The summed E-state index contributed by atoms with van der Waals surface area (Å²) < 4.78 is 8.54. The highest BCUT2D eigenvalue weighted by molar-refractivity contribution is 9.11. The second kappa shape index (κ2) is 7.07. The van der Waals surface area contributed by atoms with Crippen LogP contribution in [-0.2, 0) is 0 Å². The summed E-state index contributed by atoms with van der Waals surface area (Å²) in [5, 5.41) is 3.51. The fourth-order valence-electron chi connectivity index (χ4n) is 1.90. The van der Waals surface area contributed by atoms with Gasteiger partial charge in [-0.2, -0.15) is 0 Å². The molecule has 1 N–H and O–H groups in total. The van der Waals surface area contributed by atoms with E-state index in [0.717, 1.165) is 37.9 Å². The molecule has 0 fully saturated rings. The first-order chi connectivity index (χ1) is 9.10. The lowest BCUT2D eigenvalue weighted by Gasteiger charge is -2.17. The Balaban J connectivity index is 2.36. The maximum atomic E-state index is 5.70. The van der Waals surface area contributed by atoms with Crippen LogP contribution >= 0.6 is 47.8 Å².